The van der Waals surface area contributed by atoms with Crippen LogP contribution in [-0.4, -0.2) is 20.3 Å². The van der Waals surface area contributed by atoms with Gasteiger partial charge in [-0.3, -0.25) is 0 Å². The molecular formula is C16H26FNO. The minimum Gasteiger partial charge on any atom is -0.384 e. The van der Waals surface area contributed by atoms with E-state index in [2.05, 4.69) is 33.0 Å². The summed E-state index contributed by atoms with van der Waals surface area (Å²) in [6, 6.07) is 6.97. The molecule has 0 saturated heterocycles. The summed E-state index contributed by atoms with van der Waals surface area (Å²) in [6.45, 7) is 10.3. The van der Waals surface area contributed by atoms with E-state index in [0.29, 0.717) is 5.92 Å². The van der Waals surface area contributed by atoms with Gasteiger partial charge in [-0.2, -0.15) is 0 Å². The lowest BCUT2D eigenvalue weighted by molar-refractivity contribution is 0.151. The van der Waals surface area contributed by atoms with Crippen molar-refractivity contribution < 1.29 is 9.13 Å². The fourth-order valence-electron chi connectivity index (χ4n) is 2.24. The number of hydrogen-bond donors (Lipinski definition) is 1. The van der Waals surface area contributed by atoms with Crippen molar-refractivity contribution in [2.75, 3.05) is 20.3 Å². The predicted molar refractivity (Wildman–Crippen MR) is 77.6 cm³/mol. The smallest absolute Gasteiger partial charge is 0.123 e. The fourth-order valence-corrected chi connectivity index (χ4v) is 2.24. The van der Waals surface area contributed by atoms with Crippen LogP contribution in [0, 0.1) is 17.2 Å². The van der Waals surface area contributed by atoms with Crippen LogP contribution in [0.5, 0.6) is 0 Å². The molecule has 0 radical (unpaired) electrons. The Bertz CT molecular complexity index is 369. The van der Waals surface area contributed by atoms with E-state index in [4.69, 9.17) is 4.74 Å². The van der Waals surface area contributed by atoms with Crippen LogP contribution >= 0.6 is 0 Å². The molecule has 1 aromatic carbocycles. The number of benzene rings is 1. The van der Waals surface area contributed by atoms with Crippen LogP contribution in [0.2, 0.25) is 0 Å². The molecule has 2 atom stereocenters. The van der Waals surface area contributed by atoms with Gasteiger partial charge in [0.15, 0.2) is 0 Å². The molecule has 0 fully saturated rings. The van der Waals surface area contributed by atoms with E-state index in [0.717, 1.165) is 18.7 Å². The zero-order valence-corrected chi connectivity index (χ0v) is 12.7. The maximum atomic E-state index is 13.0. The van der Waals surface area contributed by atoms with Crippen molar-refractivity contribution in [3.05, 3.63) is 35.6 Å². The normalized spacial score (nSPS) is 15.3. The molecular weight excluding hydrogens is 241 g/mol. The largest absolute Gasteiger partial charge is 0.384 e. The lowest BCUT2D eigenvalue weighted by Crippen LogP contribution is -2.35. The molecule has 0 spiro atoms. The van der Waals surface area contributed by atoms with E-state index < -0.39 is 0 Å². The zero-order valence-electron chi connectivity index (χ0n) is 12.7. The Balaban J connectivity index is 2.76. The van der Waals surface area contributed by atoms with E-state index in [1.165, 1.54) is 12.1 Å². The lowest BCUT2D eigenvalue weighted by atomic mass is 9.82. The molecule has 1 rings (SSSR count). The summed E-state index contributed by atoms with van der Waals surface area (Å²) < 4.78 is 18.2. The number of nitrogens with one attached hydrogen (secondary N) is 1. The predicted octanol–water partition coefficient (Wildman–Crippen LogP) is 3.79. The van der Waals surface area contributed by atoms with Crippen molar-refractivity contribution >= 4 is 0 Å². The van der Waals surface area contributed by atoms with Crippen molar-refractivity contribution in [3.8, 4) is 0 Å². The first kappa shape index (κ1) is 16.1. The van der Waals surface area contributed by atoms with Gasteiger partial charge in [0.25, 0.3) is 0 Å². The summed E-state index contributed by atoms with van der Waals surface area (Å²) in [5.74, 6) is 0.263. The molecule has 19 heavy (non-hydrogen) atoms. The number of hydrogen-bond acceptors (Lipinski definition) is 2. The highest BCUT2D eigenvalue weighted by atomic mass is 19.1. The molecule has 0 amide bonds. The second kappa shape index (κ2) is 7.01. The molecule has 0 saturated carbocycles. The molecule has 3 heteroatoms. The average Bonchev–Trinajstić information content (AvgIpc) is 2.30. The van der Waals surface area contributed by atoms with Gasteiger partial charge in [0.2, 0.25) is 0 Å². The van der Waals surface area contributed by atoms with Crippen molar-refractivity contribution in [2.45, 2.75) is 33.7 Å². The van der Waals surface area contributed by atoms with Crippen LogP contribution in [0.1, 0.15) is 39.3 Å². The van der Waals surface area contributed by atoms with Gasteiger partial charge in [0.05, 0.1) is 0 Å². The highest BCUT2D eigenvalue weighted by molar-refractivity contribution is 5.21. The highest BCUT2D eigenvalue weighted by Gasteiger charge is 2.26. The summed E-state index contributed by atoms with van der Waals surface area (Å²) in [5.41, 5.74) is 1.20. The van der Waals surface area contributed by atoms with Crippen molar-refractivity contribution in [1.29, 1.82) is 0 Å². The van der Waals surface area contributed by atoms with Gasteiger partial charge in [-0.25, -0.2) is 4.39 Å². The summed E-state index contributed by atoms with van der Waals surface area (Å²) in [5, 5.41) is 3.58. The quantitative estimate of drug-likeness (QED) is 0.847. The Morgan fingerprint density at radius 3 is 2.26 bits per heavy atom. The Morgan fingerprint density at radius 2 is 1.79 bits per heavy atom. The van der Waals surface area contributed by atoms with Crippen LogP contribution in [-0.2, 0) is 4.74 Å². The topological polar surface area (TPSA) is 21.3 Å². The Kier molecular flexibility index (Phi) is 5.95. The van der Waals surface area contributed by atoms with Crippen LogP contribution in [0.3, 0.4) is 0 Å². The van der Waals surface area contributed by atoms with Crippen LogP contribution in [0.25, 0.3) is 0 Å². The number of methoxy groups -OCH3 is 1. The van der Waals surface area contributed by atoms with Crippen LogP contribution in [0.15, 0.2) is 24.3 Å². The van der Waals surface area contributed by atoms with Crippen LogP contribution in [0.4, 0.5) is 4.39 Å². The monoisotopic (exact) mass is 267 g/mol. The van der Waals surface area contributed by atoms with Gasteiger partial charge >= 0.3 is 0 Å². The van der Waals surface area contributed by atoms with Crippen molar-refractivity contribution in [1.82, 2.24) is 5.32 Å². The van der Waals surface area contributed by atoms with E-state index in [1.807, 2.05) is 12.1 Å². The van der Waals surface area contributed by atoms with E-state index in [9.17, 15) is 4.39 Å². The fraction of sp³-hybridized carbons (Fsp3) is 0.625. The summed E-state index contributed by atoms with van der Waals surface area (Å²) in [6.07, 6.45) is 0. The van der Waals surface area contributed by atoms with Gasteiger partial charge in [0.1, 0.15) is 5.82 Å². The van der Waals surface area contributed by atoms with Crippen molar-refractivity contribution in [3.63, 3.8) is 0 Å². The van der Waals surface area contributed by atoms with Crippen molar-refractivity contribution in [2.24, 2.45) is 11.3 Å². The van der Waals surface area contributed by atoms with E-state index in [-0.39, 0.29) is 17.3 Å². The summed E-state index contributed by atoms with van der Waals surface area (Å²) >= 11 is 0. The first-order chi connectivity index (χ1) is 8.84. The molecule has 0 aliphatic heterocycles. The third kappa shape index (κ3) is 5.29. The molecule has 0 bridgehead atoms. The number of halogens is 1. The zero-order chi connectivity index (χ0) is 14.5. The Hall–Kier alpha value is -0.930. The molecule has 1 aromatic rings. The molecule has 0 aliphatic carbocycles. The van der Waals surface area contributed by atoms with E-state index >= 15 is 0 Å². The third-order valence-electron chi connectivity index (χ3n) is 3.19. The molecule has 2 nitrogen and oxygen atoms in total. The maximum absolute atomic E-state index is 13.0. The number of ether oxygens (including phenoxy) is 1. The third-order valence-corrected chi connectivity index (χ3v) is 3.19. The SMILES string of the molecule is COCC(C)CNC(c1ccc(F)cc1)C(C)(C)C. The van der Waals surface area contributed by atoms with E-state index in [1.54, 1.807) is 7.11 Å². The Labute approximate surface area is 116 Å². The number of rotatable bonds is 6. The maximum Gasteiger partial charge on any atom is 0.123 e. The first-order valence-corrected chi connectivity index (χ1v) is 6.82. The van der Waals surface area contributed by atoms with Gasteiger partial charge < -0.3 is 10.1 Å². The molecule has 2 unspecified atom stereocenters. The second-order valence-electron chi connectivity index (χ2n) is 6.32. The molecule has 108 valence electrons. The highest BCUT2D eigenvalue weighted by Crippen LogP contribution is 2.32. The van der Waals surface area contributed by atoms with Gasteiger partial charge in [0, 0.05) is 26.3 Å². The molecule has 0 aromatic heterocycles. The minimum atomic E-state index is -0.191. The second-order valence-corrected chi connectivity index (χ2v) is 6.32. The van der Waals surface area contributed by atoms with Gasteiger partial charge in [-0.05, 0) is 29.0 Å². The molecule has 0 aliphatic rings. The lowest BCUT2D eigenvalue weighted by Gasteiger charge is -2.33. The molecule has 0 heterocycles. The summed E-state index contributed by atoms with van der Waals surface area (Å²) in [4.78, 5) is 0. The first-order valence-electron chi connectivity index (χ1n) is 6.82. The standard InChI is InChI=1S/C16H26FNO/c1-12(11-19-5)10-18-15(16(2,3)4)13-6-8-14(17)9-7-13/h6-9,12,15,18H,10-11H2,1-5H3. The minimum absolute atomic E-state index is 0.0740. The Morgan fingerprint density at radius 1 is 1.21 bits per heavy atom. The average molecular weight is 267 g/mol. The molecule has 1 N–H and O–H groups in total. The van der Waals surface area contributed by atoms with Crippen LogP contribution < -0.4 is 5.32 Å². The van der Waals surface area contributed by atoms with Gasteiger partial charge in [-0.15, -0.1) is 0 Å². The summed E-state index contributed by atoms with van der Waals surface area (Å²) in [7, 11) is 1.72. The van der Waals surface area contributed by atoms with Gasteiger partial charge in [-0.1, -0.05) is 39.8 Å².